The Morgan fingerprint density at radius 3 is 2.93 bits per heavy atom. The standard InChI is InChI=1S/C21H27FN4O2/c1-3-25-8-7-23-19(25)13-24-10-16-11-26(20(27)14-28-2)21(18(16)12-24)15-5-4-6-17(22)9-15/h4-9,16,18,21H,3,10-14H2,1-2H3/t16-,18-,21+/m1/s1. The van der Waals surface area contributed by atoms with Gasteiger partial charge in [-0.25, -0.2) is 9.37 Å². The average Bonchev–Trinajstić information content (AvgIpc) is 3.36. The molecule has 4 rings (SSSR count). The molecule has 6 nitrogen and oxygen atoms in total. The summed E-state index contributed by atoms with van der Waals surface area (Å²) in [4.78, 5) is 21.4. The van der Waals surface area contributed by atoms with E-state index in [4.69, 9.17) is 4.74 Å². The second kappa shape index (κ2) is 8.01. The van der Waals surface area contributed by atoms with E-state index in [1.54, 1.807) is 12.1 Å². The van der Waals surface area contributed by atoms with Gasteiger partial charge >= 0.3 is 0 Å². The number of fused-ring (bicyclic) bond motifs is 1. The van der Waals surface area contributed by atoms with Gasteiger partial charge in [0.1, 0.15) is 18.2 Å². The van der Waals surface area contributed by atoms with Gasteiger partial charge < -0.3 is 14.2 Å². The molecule has 0 N–H and O–H groups in total. The maximum atomic E-state index is 13.9. The van der Waals surface area contributed by atoms with Crippen LogP contribution >= 0.6 is 0 Å². The Morgan fingerprint density at radius 2 is 2.18 bits per heavy atom. The average molecular weight is 386 g/mol. The topological polar surface area (TPSA) is 50.6 Å². The number of halogens is 1. The third-order valence-electron chi connectivity index (χ3n) is 6.03. The predicted octanol–water partition coefficient (Wildman–Crippen LogP) is 2.32. The summed E-state index contributed by atoms with van der Waals surface area (Å²) in [5.41, 5.74) is 0.869. The minimum absolute atomic E-state index is 0.0285. The number of likely N-dealkylation sites (tertiary alicyclic amines) is 2. The molecule has 1 amide bonds. The van der Waals surface area contributed by atoms with E-state index >= 15 is 0 Å². The number of carbonyl (C=O) groups excluding carboxylic acids is 1. The number of nitrogens with zero attached hydrogens (tertiary/aromatic N) is 4. The zero-order chi connectivity index (χ0) is 19.7. The molecule has 3 atom stereocenters. The van der Waals surface area contributed by atoms with Crippen LogP contribution in [0.3, 0.4) is 0 Å². The van der Waals surface area contributed by atoms with Crippen molar-refractivity contribution < 1.29 is 13.9 Å². The Hall–Kier alpha value is -2.25. The van der Waals surface area contributed by atoms with Gasteiger partial charge in [0, 0.05) is 51.6 Å². The lowest BCUT2D eigenvalue weighted by atomic mass is 9.89. The molecule has 2 fully saturated rings. The summed E-state index contributed by atoms with van der Waals surface area (Å²) in [7, 11) is 1.53. The first-order valence-electron chi connectivity index (χ1n) is 9.87. The van der Waals surface area contributed by atoms with Crippen LogP contribution in [0.25, 0.3) is 0 Å². The number of rotatable bonds is 6. The number of hydrogen-bond acceptors (Lipinski definition) is 4. The van der Waals surface area contributed by atoms with E-state index in [0.717, 1.165) is 37.6 Å². The van der Waals surface area contributed by atoms with Crippen molar-refractivity contribution in [3.63, 3.8) is 0 Å². The van der Waals surface area contributed by atoms with E-state index in [0.29, 0.717) is 12.5 Å². The first-order valence-corrected chi connectivity index (χ1v) is 9.87. The van der Waals surface area contributed by atoms with Crippen LogP contribution in [0.5, 0.6) is 0 Å². The zero-order valence-corrected chi connectivity index (χ0v) is 16.4. The van der Waals surface area contributed by atoms with Crippen molar-refractivity contribution in [2.75, 3.05) is 33.4 Å². The van der Waals surface area contributed by atoms with Crippen LogP contribution in [0.15, 0.2) is 36.7 Å². The molecule has 2 saturated heterocycles. The van der Waals surface area contributed by atoms with Gasteiger partial charge in [0.2, 0.25) is 5.91 Å². The molecule has 1 aromatic heterocycles. The molecule has 2 aliphatic rings. The number of carbonyl (C=O) groups is 1. The van der Waals surface area contributed by atoms with Gasteiger partial charge in [0.25, 0.3) is 0 Å². The molecule has 0 aliphatic carbocycles. The number of imidazole rings is 1. The quantitative estimate of drug-likeness (QED) is 0.765. The molecule has 2 aromatic rings. The second-order valence-corrected chi connectivity index (χ2v) is 7.73. The van der Waals surface area contributed by atoms with E-state index in [9.17, 15) is 9.18 Å². The lowest BCUT2D eigenvalue weighted by Gasteiger charge is -2.30. The highest BCUT2D eigenvalue weighted by Gasteiger charge is 2.49. The number of hydrogen-bond donors (Lipinski definition) is 0. The molecular formula is C21H27FN4O2. The molecule has 0 bridgehead atoms. The fourth-order valence-electron chi connectivity index (χ4n) is 4.83. The van der Waals surface area contributed by atoms with Crippen LogP contribution in [-0.4, -0.2) is 58.6 Å². The van der Waals surface area contributed by atoms with E-state index in [2.05, 4.69) is 21.4 Å². The van der Waals surface area contributed by atoms with Crippen molar-refractivity contribution in [3.05, 3.63) is 53.9 Å². The summed E-state index contributed by atoms with van der Waals surface area (Å²) in [6.45, 7) is 6.36. The van der Waals surface area contributed by atoms with Crippen molar-refractivity contribution in [1.82, 2.24) is 19.4 Å². The Bertz CT molecular complexity index is 839. The Morgan fingerprint density at radius 1 is 1.32 bits per heavy atom. The molecule has 0 unspecified atom stereocenters. The van der Waals surface area contributed by atoms with E-state index in [1.807, 2.05) is 23.4 Å². The summed E-state index contributed by atoms with van der Waals surface area (Å²) < 4.78 is 21.1. The fourth-order valence-corrected chi connectivity index (χ4v) is 4.83. The molecule has 7 heteroatoms. The monoisotopic (exact) mass is 386 g/mol. The van der Waals surface area contributed by atoms with Gasteiger partial charge in [-0.2, -0.15) is 0 Å². The minimum atomic E-state index is -0.264. The predicted molar refractivity (Wildman–Crippen MR) is 103 cm³/mol. The van der Waals surface area contributed by atoms with Crippen LogP contribution < -0.4 is 0 Å². The highest BCUT2D eigenvalue weighted by molar-refractivity contribution is 5.78. The van der Waals surface area contributed by atoms with Crippen molar-refractivity contribution in [2.45, 2.75) is 26.1 Å². The molecular weight excluding hydrogens is 359 g/mol. The van der Waals surface area contributed by atoms with Gasteiger partial charge in [0.15, 0.2) is 0 Å². The molecule has 28 heavy (non-hydrogen) atoms. The van der Waals surface area contributed by atoms with Crippen LogP contribution in [0.2, 0.25) is 0 Å². The van der Waals surface area contributed by atoms with Crippen molar-refractivity contribution >= 4 is 5.91 Å². The fraction of sp³-hybridized carbons (Fsp3) is 0.524. The van der Waals surface area contributed by atoms with E-state index in [-0.39, 0.29) is 30.3 Å². The largest absolute Gasteiger partial charge is 0.375 e. The molecule has 1 aromatic carbocycles. The number of aryl methyl sites for hydroxylation is 1. The zero-order valence-electron chi connectivity index (χ0n) is 16.4. The molecule has 150 valence electrons. The third-order valence-corrected chi connectivity index (χ3v) is 6.03. The highest BCUT2D eigenvalue weighted by Crippen LogP contribution is 2.45. The van der Waals surface area contributed by atoms with Crippen molar-refractivity contribution in [3.8, 4) is 0 Å². The summed E-state index contributed by atoms with van der Waals surface area (Å²) in [5.74, 6) is 1.43. The minimum Gasteiger partial charge on any atom is -0.375 e. The normalized spacial score (nSPS) is 24.7. The smallest absolute Gasteiger partial charge is 0.249 e. The number of benzene rings is 1. The molecule has 2 aliphatic heterocycles. The Kier molecular flexibility index (Phi) is 5.46. The van der Waals surface area contributed by atoms with Crippen molar-refractivity contribution in [2.24, 2.45) is 11.8 Å². The lowest BCUT2D eigenvalue weighted by molar-refractivity contribution is -0.136. The summed E-state index contributed by atoms with van der Waals surface area (Å²) >= 11 is 0. The number of ether oxygens (including phenoxy) is 1. The van der Waals surface area contributed by atoms with Crippen LogP contribution in [-0.2, 0) is 22.6 Å². The van der Waals surface area contributed by atoms with Crippen LogP contribution in [0.1, 0.15) is 24.4 Å². The summed E-state index contributed by atoms with van der Waals surface area (Å²) in [5, 5.41) is 0. The van der Waals surface area contributed by atoms with Gasteiger partial charge in [-0.3, -0.25) is 9.69 Å². The summed E-state index contributed by atoms with van der Waals surface area (Å²) in [6.07, 6.45) is 3.85. The first kappa shape index (κ1) is 19.1. The molecule has 0 spiro atoms. The van der Waals surface area contributed by atoms with Gasteiger partial charge in [-0.15, -0.1) is 0 Å². The highest BCUT2D eigenvalue weighted by atomic mass is 19.1. The lowest BCUT2D eigenvalue weighted by Crippen LogP contribution is -2.37. The van der Waals surface area contributed by atoms with Gasteiger partial charge in [0.05, 0.1) is 12.6 Å². The van der Waals surface area contributed by atoms with Gasteiger partial charge in [-0.1, -0.05) is 12.1 Å². The van der Waals surface area contributed by atoms with Crippen molar-refractivity contribution in [1.29, 1.82) is 0 Å². The number of methoxy groups -OCH3 is 1. The van der Waals surface area contributed by atoms with E-state index in [1.165, 1.54) is 13.2 Å². The Balaban J connectivity index is 1.56. The number of aromatic nitrogens is 2. The Labute approximate surface area is 164 Å². The molecule has 0 radical (unpaired) electrons. The SMILES string of the molecule is CCn1ccnc1CN1C[C@@H]2CN(C(=O)COC)[C@@H](c3cccc(F)c3)[C@@H]2C1. The van der Waals surface area contributed by atoms with Crippen LogP contribution in [0.4, 0.5) is 4.39 Å². The molecule has 0 saturated carbocycles. The van der Waals surface area contributed by atoms with Crippen LogP contribution in [0, 0.1) is 17.7 Å². The van der Waals surface area contributed by atoms with Gasteiger partial charge in [-0.05, 0) is 30.5 Å². The maximum Gasteiger partial charge on any atom is 0.249 e. The molecule has 3 heterocycles. The van der Waals surface area contributed by atoms with E-state index < -0.39 is 0 Å². The number of amides is 1. The summed E-state index contributed by atoms with van der Waals surface area (Å²) in [6, 6.07) is 6.55. The second-order valence-electron chi connectivity index (χ2n) is 7.73. The third kappa shape index (κ3) is 3.56. The first-order chi connectivity index (χ1) is 13.6. The maximum absolute atomic E-state index is 13.9.